The molecule has 0 atom stereocenters. The Bertz CT molecular complexity index is 1260. The molecule has 2 aromatic rings. The molecule has 0 saturated heterocycles. The van der Waals surface area contributed by atoms with E-state index >= 15 is 0 Å². The first-order valence-corrected chi connectivity index (χ1v) is 15.2. The third-order valence-corrected chi connectivity index (χ3v) is 10.3. The highest BCUT2D eigenvalue weighted by Crippen LogP contribution is 2.61. The third kappa shape index (κ3) is 5.28. The van der Waals surface area contributed by atoms with Crippen molar-refractivity contribution in [3.05, 3.63) is 56.6 Å². The molecule has 3 saturated carbocycles. The van der Waals surface area contributed by atoms with Crippen molar-refractivity contribution >= 4 is 21.9 Å². The van der Waals surface area contributed by atoms with Gasteiger partial charge in [0.05, 0.1) is 16.7 Å². The van der Waals surface area contributed by atoms with Gasteiger partial charge in [0.2, 0.25) is 0 Å². The van der Waals surface area contributed by atoms with Crippen molar-refractivity contribution in [1.29, 1.82) is 10.5 Å². The number of unbranched alkanes of at least 4 members (excludes halogenated alkanes) is 4. The van der Waals surface area contributed by atoms with Crippen LogP contribution in [0.25, 0.3) is 11.1 Å². The number of carboxylic acid groups (broad SMARTS) is 1. The van der Waals surface area contributed by atoms with Gasteiger partial charge in [-0.2, -0.15) is 10.5 Å². The number of aryl methyl sites for hydroxylation is 1. The number of halogens is 1. The molecule has 0 aromatic heterocycles. The molecule has 3 fully saturated rings. The number of carboxylic acids is 1. The lowest BCUT2D eigenvalue weighted by atomic mass is 9.51. The van der Waals surface area contributed by atoms with Crippen LogP contribution >= 0.6 is 15.9 Å². The second kappa shape index (κ2) is 12.0. The van der Waals surface area contributed by atoms with E-state index in [0.29, 0.717) is 22.1 Å². The van der Waals surface area contributed by atoms with Crippen molar-refractivity contribution in [2.75, 3.05) is 0 Å². The number of hydrogen-bond donors (Lipinski definition) is 1. The van der Waals surface area contributed by atoms with E-state index in [1.165, 1.54) is 44.9 Å². The first kappa shape index (κ1) is 28.4. The summed E-state index contributed by atoms with van der Waals surface area (Å²) in [6, 6.07) is 12.0. The van der Waals surface area contributed by atoms with Crippen molar-refractivity contribution in [2.24, 2.45) is 5.41 Å². The number of rotatable bonds is 11. The molecular weight excluding hydrogens is 536 g/mol. The fourth-order valence-electron chi connectivity index (χ4n) is 7.09. The van der Waals surface area contributed by atoms with Crippen LogP contribution in [-0.2, 0) is 11.8 Å². The van der Waals surface area contributed by atoms with Gasteiger partial charge < -0.3 is 5.11 Å². The highest BCUT2D eigenvalue weighted by molar-refractivity contribution is 9.10. The summed E-state index contributed by atoms with van der Waals surface area (Å²) in [5.41, 5.74) is 4.42. The molecule has 0 heterocycles. The summed E-state index contributed by atoms with van der Waals surface area (Å²) in [5.74, 6) is -1.03. The van der Waals surface area contributed by atoms with Crippen molar-refractivity contribution < 1.29 is 9.90 Å². The molecule has 0 radical (unpaired) electrons. The molecule has 2 bridgehead atoms. The largest absolute Gasteiger partial charge is 0.478 e. The first-order chi connectivity index (χ1) is 18.3. The fraction of sp³-hybridized carbons (Fsp3) is 0.545. The molecular formula is C33H39BrN2O2. The number of carbonyl (C=O) groups is 1. The van der Waals surface area contributed by atoms with E-state index in [1.807, 2.05) is 18.2 Å². The van der Waals surface area contributed by atoms with Gasteiger partial charge in [-0.15, -0.1) is 0 Å². The molecule has 0 amide bonds. The molecule has 3 aliphatic carbocycles. The monoisotopic (exact) mass is 574 g/mol. The maximum atomic E-state index is 12.4. The van der Waals surface area contributed by atoms with Gasteiger partial charge in [-0.25, -0.2) is 4.79 Å². The number of fused-ring (bicyclic) bond motifs is 3. The second-order valence-corrected chi connectivity index (χ2v) is 12.4. The summed E-state index contributed by atoms with van der Waals surface area (Å²) in [7, 11) is 0. The van der Waals surface area contributed by atoms with Crippen LogP contribution in [-0.4, -0.2) is 11.1 Å². The van der Waals surface area contributed by atoms with E-state index < -0.39 is 5.97 Å². The van der Waals surface area contributed by atoms with E-state index in [9.17, 15) is 20.4 Å². The van der Waals surface area contributed by atoms with E-state index in [0.717, 1.165) is 60.5 Å². The van der Waals surface area contributed by atoms with Gasteiger partial charge in [-0.05, 0) is 102 Å². The maximum Gasteiger partial charge on any atom is 0.336 e. The van der Waals surface area contributed by atoms with Crippen LogP contribution in [0, 0.1) is 28.1 Å². The van der Waals surface area contributed by atoms with Crippen LogP contribution < -0.4 is 0 Å². The molecule has 4 nitrogen and oxygen atoms in total. The van der Waals surface area contributed by atoms with Crippen LogP contribution in [0.15, 0.2) is 28.7 Å². The van der Waals surface area contributed by atoms with Crippen LogP contribution in [0.2, 0.25) is 0 Å². The molecule has 38 heavy (non-hydrogen) atoms. The Balaban J connectivity index is 1.77. The first-order valence-electron chi connectivity index (χ1n) is 14.4. The maximum absolute atomic E-state index is 12.4. The van der Waals surface area contributed by atoms with E-state index in [-0.39, 0.29) is 16.5 Å². The molecule has 3 aliphatic rings. The summed E-state index contributed by atoms with van der Waals surface area (Å²) >= 11 is 3.85. The molecule has 0 unspecified atom stereocenters. The van der Waals surface area contributed by atoms with Gasteiger partial charge in [-0.1, -0.05) is 64.2 Å². The van der Waals surface area contributed by atoms with E-state index in [4.69, 9.17) is 0 Å². The van der Waals surface area contributed by atoms with Crippen molar-refractivity contribution in [2.45, 2.75) is 109 Å². The highest BCUT2D eigenvalue weighted by Gasteiger charge is 2.49. The zero-order valence-corrected chi connectivity index (χ0v) is 24.4. The minimum atomic E-state index is -1.03. The summed E-state index contributed by atoms with van der Waals surface area (Å²) in [6.07, 6.45) is 16.1. The van der Waals surface area contributed by atoms with Gasteiger partial charge >= 0.3 is 5.97 Å². The summed E-state index contributed by atoms with van der Waals surface area (Å²) in [6.45, 7) is 4.40. The Morgan fingerprint density at radius 1 is 0.895 bits per heavy atom. The zero-order valence-electron chi connectivity index (χ0n) is 22.8. The normalized spacial score (nSPS) is 22.1. The fourth-order valence-corrected chi connectivity index (χ4v) is 8.07. The van der Waals surface area contributed by atoms with Gasteiger partial charge in [0.15, 0.2) is 0 Å². The van der Waals surface area contributed by atoms with Crippen LogP contribution in [0.3, 0.4) is 0 Å². The SMILES string of the molecule is CCCCCc1ccc(-c2c(C(=O)O)ccc(C34CCC(CCCCC)(CC3)CC4)c2Br)c(C#N)c1C#N. The van der Waals surface area contributed by atoms with E-state index in [2.05, 4.69) is 41.9 Å². The van der Waals surface area contributed by atoms with Crippen molar-refractivity contribution in [3.8, 4) is 23.3 Å². The molecule has 200 valence electrons. The summed E-state index contributed by atoms with van der Waals surface area (Å²) in [5, 5.41) is 30.3. The Morgan fingerprint density at radius 3 is 2.11 bits per heavy atom. The smallest absolute Gasteiger partial charge is 0.336 e. The molecule has 0 aliphatic heterocycles. The van der Waals surface area contributed by atoms with Gasteiger partial charge in [0, 0.05) is 15.6 Å². The number of nitrogens with zero attached hydrogens (tertiary/aromatic N) is 2. The lowest BCUT2D eigenvalue weighted by Crippen LogP contribution is -2.44. The Morgan fingerprint density at radius 2 is 1.53 bits per heavy atom. The quantitative estimate of drug-likeness (QED) is 0.271. The Labute approximate surface area is 236 Å². The Hall–Kier alpha value is -2.63. The Kier molecular flexibility index (Phi) is 9.00. The van der Waals surface area contributed by atoms with Crippen molar-refractivity contribution in [3.63, 3.8) is 0 Å². The zero-order chi connectivity index (χ0) is 27.3. The van der Waals surface area contributed by atoms with Gasteiger partial charge in [-0.3, -0.25) is 0 Å². The lowest BCUT2D eigenvalue weighted by molar-refractivity contribution is 0.0302. The number of hydrogen-bond acceptors (Lipinski definition) is 3. The molecule has 1 N–H and O–H groups in total. The predicted octanol–water partition coefficient (Wildman–Crippen LogP) is 9.46. The minimum Gasteiger partial charge on any atom is -0.478 e. The van der Waals surface area contributed by atoms with Crippen LogP contribution in [0.1, 0.15) is 130 Å². The third-order valence-electron chi connectivity index (χ3n) is 9.49. The predicted molar refractivity (Wildman–Crippen MR) is 155 cm³/mol. The van der Waals surface area contributed by atoms with Gasteiger partial charge in [0.25, 0.3) is 0 Å². The lowest BCUT2D eigenvalue weighted by Gasteiger charge is -2.54. The molecule has 5 rings (SSSR count). The molecule has 5 heteroatoms. The highest BCUT2D eigenvalue weighted by atomic mass is 79.9. The number of aromatic carboxylic acids is 1. The standard InChI is InChI=1S/C33H39BrN2O2/c1-3-5-7-9-23-10-11-24(27(22-36)26(23)21-35)29-25(31(37)38)12-13-28(30(29)34)33-18-15-32(16-19-33,17-20-33)14-8-6-4-2/h10-13H,3-9,14-20H2,1-2H3,(H,37,38). The van der Waals surface area contributed by atoms with Crippen LogP contribution in [0.5, 0.6) is 0 Å². The minimum absolute atomic E-state index is 0.0298. The average Bonchev–Trinajstić information content (AvgIpc) is 2.93. The average molecular weight is 576 g/mol. The molecule has 2 aromatic carbocycles. The number of benzene rings is 2. The summed E-state index contributed by atoms with van der Waals surface area (Å²) < 4.78 is 0.775. The number of nitriles is 2. The van der Waals surface area contributed by atoms with E-state index in [1.54, 1.807) is 6.07 Å². The molecule has 0 spiro atoms. The summed E-state index contributed by atoms with van der Waals surface area (Å²) in [4.78, 5) is 12.4. The topological polar surface area (TPSA) is 84.9 Å². The second-order valence-electron chi connectivity index (χ2n) is 11.6. The van der Waals surface area contributed by atoms with Crippen molar-refractivity contribution in [1.82, 2.24) is 0 Å². The van der Waals surface area contributed by atoms with Crippen LogP contribution in [0.4, 0.5) is 0 Å². The van der Waals surface area contributed by atoms with Gasteiger partial charge in [0.1, 0.15) is 12.1 Å².